The van der Waals surface area contributed by atoms with Crippen molar-refractivity contribution in [2.75, 3.05) is 66.1 Å². The summed E-state index contributed by atoms with van der Waals surface area (Å²) in [6, 6.07) is 0. The fourth-order valence-corrected chi connectivity index (χ4v) is 3.92. The first-order valence-electron chi connectivity index (χ1n) is 12.8. The van der Waals surface area contributed by atoms with E-state index in [-0.39, 0.29) is 66.1 Å². The third-order valence-corrected chi connectivity index (χ3v) is 5.61. The van der Waals surface area contributed by atoms with Crippen LogP contribution in [-0.4, -0.2) is 111 Å². The predicted octanol–water partition coefficient (Wildman–Crippen LogP) is 0.127. The molecule has 12 nitrogen and oxygen atoms in total. The molecule has 0 aromatic carbocycles. The van der Waals surface area contributed by atoms with Gasteiger partial charge in [0.25, 0.3) is 0 Å². The van der Waals surface area contributed by atoms with Gasteiger partial charge in [0.15, 0.2) is 12.6 Å². The minimum Gasteiger partial charge on any atom is -0.465 e. The Kier molecular flexibility index (Phi) is 19.7. The summed E-state index contributed by atoms with van der Waals surface area (Å²) in [5.41, 5.74) is 0. The van der Waals surface area contributed by atoms with Crippen molar-refractivity contribution in [1.29, 1.82) is 0 Å². The lowest BCUT2D eigenvalue weighted by atomic mass is 9.79. The zero-order valence-corrected chi connectivity index (χ0v) is 21.1. The second-order valence-corrected chi connectivity index (χ2v) is 8.35. The minimum atomic E-state index is -0.608. The number of esters is 2. The van der Waals surface area contributed by atoms with E-state index in [4.69, 9.17) is 48.8 Å². The Labute approximate surface area is 212 Å². The summed E-state index contributed by atoms with van der Waals surface area (Å²) in [5, 5.41) is 35.6. The number of aliphatic hydroxyl groups is 4. The molecule has 1 aliphatic rings. The summed E-state index contributed by atoms with van der Waals surface area (Å²) in [6.45, 7) is 0.100. The summed E-state index contributed by atoms with van der Waals surface area (Å²) in [6.07, 6.45) is 3.36. The van der Waals surface area contributed by atoms with E-state index in [1.807, 2.05) is 0 Å². The molecule has 1 rings (SSSR count). The highest BCUT2D eigenvalue weighted by molar-refractivity contribution is 5.82. The Bertz CT molecular complexity index is 497. The van der Waals surface area contributed by atoms with Crippen LogP contribution in [0.4, 0.5) is 0 Å². The van der Waals surface area contributed by atoms with Crippen molar-refractivity contribution in [3.63, 3.8) is 0 Å². The van der Waals surface area contributed by atoms with E-state index in [0.29, 0.717) is 38.5 Å². The van der Waals surface area contributed by atoms with E-state index in [1.165, 1.54) is 0 Å². The molecule has 1 aliphatic carbocycles. The number of hydrogen-bond donors (Lipinski definition) is 4. The molecule has 12 heteroatoms. The van der Waals surface area contributed by atoms with Crippen molar-refractivity contribution in [2.24, 2.45) is 11.8 Å². The molecule has 1 fully saturated rings. The van der Waals surface area contributed by atoms with Gasteiger partial charge in [-0.1, -0.05) is 12.8 Å². The first kappa shape index (κ1) is 32.6. The molecule has 2 unspecified atom stereocenters. The van der Waals surface area contributed by atoms with E-state index in [1.54, 1.807) is 0 Å². The Morgan fingerprint density at radius 2 is 0.917 bits per heavy atom. The topological polar surface area (TPSA) is 170 Å². The third kappa shape index (κ3) is 14.4. The van der Waals surface area contributed by atoms with Gasteiger partial charge < -0.3 is 48.8 Å². The highest BCUT2D eigenvalue weighted by atomic mass is 16.7. The Hall–Kier alpha value is -1.38. The van der Waals surface area contributed by atoms with E-state index in [0.717, 1.165) is 12.8 Å². The molecule has 0 bridgehead atoms. The standard InChI is InChI=1S/C24H44O12/c25-9-15-31-21(32-16-10-26)7-3-13-35-23(29)19-5-1-2-6-20(19)24(30)36-14-4-8-22(33-17-11-27)34-18-12-28/h19-22,25-28H,1-18H2. The maximum absolute atomic E-state index is 12.7. The smallest absolute Gasteiger partial charge is 0.309 e. The van der Waals surface area contributed by atoms with Crippen molar-refractivity contribution in [3.8, 4) is 0 Å². The average molecular weight is 525 g/mol. The van der Waals surface area contributed by atoms with Gasteiger partial charge in [0.05, 0.1) is 77.9 Å². The molecule has 0 aliphatic heterocycles. The van der Waals surface area contributed by atoms with Gasteiger partial charge in [-0.3, -0.25) is 9.59 Å². The zero-order chi connectivity index (χ0) is 26.4. The number of carbonyl (C=O) groups is 2. The highest BCUT2D eigenvalue weighted by Crippen LogP contribution is 2.32. The summed E-state index contributed by atoms with van der Waals surface area (Å²) in [7, 11) is 0. The lowest BCUT2D eigenvalue weighted by molar-refractivity contribution is -0.167. The maximum atomic E-state index is 12.7. The summed E-state index contributed by atoms with van der Waals surface area (Å²) >= 11 is 0. The van der Waals surface area contributed by atoms with Crippen molar-refractivity contribution >= 4 is 11.9 Å². The van der Waals surface area contributed by atoms with Gasteiger partial charge in [-0.05, 0) is 25.7 Å². The van der Waals surface area contributed by atoms with Crippen LogP contribution < -0.4 is 0 Å². The molecule has 0 spiro atoms. The van der Waals surface area contributed by atoms with Crippen LogP contribution in [0.15, 0.2) is 0 Å². The van der Waals surface area contributed by atoms with Gasteiger partial charge in [0, 0.05) is 12.8 Å². The number of carbonyl (C=O) groups excluding carboxylic acids is 2. The van der Waals surface area contributed by atoms with Crippen LogP contribution >= 0.6 is 0 Å². The highest BCUT2D eigenvalue weighted by Gasteiger charge is 2.37. The van der Waals surface area contributed by atoms with Gasteiger partial charge in [-0.2, -0.15) is 0 Å². The fraction of sp³-hybridized carbons (Fsp3) is 0.917. The van der Waals surface area contributed by atoms with Gasteiger partial charge in [0.1, 0.15) is 0 Å². The number of ether oxygens (including phenoxy) is 6. The molecule has 0 saturated heterocycles. The summed E-state index contributed by atoms with van der Waals surface area (Å²) < 4.78 is 32.2. The van der Waals surface area contributed by atoms with Crippen LogP contribution in [0.3, 0.4) is 0 Å². The van der Waals surface area contributed by atoms with Crippen molar-refractivity contribution in [2.45, 2.75) is 63.9 Å². The molecular weight excluding hydrogens is 480 g/mol. The largest absolute Gasteiger partial charge is 0.465 e. The molecule has 212 valence electrons. The van der Waals surface area contributed by atoms with Gasteiger partial charge in [-0.15, -0.1) is 0 Å². The van der Waals surface area contributed by atoms with E-state index in [2.05, 4.69) is 0 Å². The Morgan fingerprint density at radius 1 is 0.583 bits per heavy atom. The Balaban J connectivity index is 2.41. The molecular formula is C24H44O12. The van der Waals surface area contributed by atoms with E-state index < -0.39 is 36.4 Å². The van der Waals surface area contributed by atoms with Crippen molar-refractivity contribution in [3.05, 3.63) is 0 Å². The van der Waals surface area contributed by atoms with Crippen LogP contribution in [0.25, 0.3) is 0 Å². The molecule has 0 heterocycles. The number of hydrogen-bond acceptors (Lipinski definition) is 12. The molecule has 1 saturated carbocycles. The van der Waals surface area contributed by atoms with Crippen molar-refractivity contribution in [1.82, 2.24) is 0 Å². The SMILES string of the molecule is O=C(OCCCC(OCCO)OCCO)C1CCCCC1C(=O)OCCCC(OCCO)OCCO. The normalized spacial score (nSPS) is 18.1. The minimum absolute atomic E-state index is 0.105. The van der Waals surface area contributed by atoms with Crippen LogP contribution in [0.1, 0.15) is 51.4 Å². The quantitative estimate of drug-likeness (QED) is 0.0858. The first-order chi connectivity index (χ1) is 17.6. The lowest BCUT2D eigenvalue weighted by Crippen LogP contribution is -2.35. The monoisotopic (exact) mass is 524 g/mol. The Morgan fingerprint density at radius 3 is 1.22 bits per heavy atom. The molecule has 0 amide bonds. The fourth-order valence-electron chi connectivity index (χ4n) is 3.92. The van der Waals surface area contributed by atoms with Gasteiger partial charge in [-0.25, -0.2) is 0 Å². The zero-order valence-electron chi connectivity index (χ0n) is 21.1. The van der Waals surface area contributed by atoms with Crippen molar-refractivity contribution < 1.29 is 58.4 Å². The second kappa shape index (κ2) is 21.7. The van der Waals surface area contributed by atoms with Gasteiger partial charge in [0.2, 0.25) is 0 Å². The first-order valence-corrected chi connectivity index (χ1v) is 12.8. The second-order valence-electron chi connectivity index (χ2n) is 8.35. The maximum Gasteiger partial charge on any atom is 0.309 e. The molecule has 4 N–H and O–H groups in total. The molecule has 0 aromatic heterocycles. The number of aliphatic hydroxyl groups excluding tert-OH is 4. The molecule has 36 heavy (non-hydrogen) atoms. The van der Waals surface area contributed by atoms with Crippen LogP contribution in [-0.2, 0) is 38.0 Å². The predicted molar refractivity (Wildman–Crippen MR) is 126 cm³/mol. The molecule has 0 aromatic rings. The van der Waals surface area contributed by atoms with Crippen LogP contribution in [0.5, 0.6) is 0 Å². The van der Waals surface area contributed by atoms with Gasteiger partial charge >= 0.3 is 11.9 Å². The summed E-state index contributed by atoms with van der Waals surface area (Å²) in [5.74, 6) is -1.94. The molecule has 2 atom stereocenters. The van der Waals surface area contributed by atoms with Crippen LogP contribution in [0.2, 0.25) is 0 Å². The average Bonchev–Trinajstić information content (AvgIpc) is 2.90. The molecule has 0 radical (unpaired) electrons. The number of rotatable bonds is 22. The third-order valence-electron chi connectivity index (χ3n) is 5.61. The summed E-state index contributed by atoms with van der Waals surface area (Å²) in [4.78, 5) is 25.4. The van der Waals surface area contributed by atoms with Crippen LogP contribution in [0, 0.1) is 11.8 Å². The lowest BCUT2D eigenvalue weighted by Gasteiger charge is -2.28. The van der Waals surface area contributed by atoms with E-state index in [9.17, 15) is 9.59 Å². The van der Waals surface area contributed by atoms with E-state index >= 15 is 0 Å².